The molecule has 0 amide bonds. The van der Waals surface area contributed by atoms with Gasteiger partial charge in [0.2, 0.25) is 0 Å². The molecule has 0 radical (unpaired) electrons. The number of halogens is 5. The van der Waals surface area contributed by atoms with E-state index in [0.717, 1.165) is 19.2 Å². The molecule has 0 bridgehead atoms. The second-order valence-corrected chi connectivity index (χ2v) is 3.66. The third-order valence-corrected chi connectivity index (χ3v) is 1.96. The molecule has 2 nitrogen and oxygen atoms in total. The minimum atomic E-state index is -4.54. The SMILES string of the molecule is C[C@H](Oc1ncc(Br)cc1F)C(F)(F)F. The fourth-order valence-electron chi connectivity index (χ4n) is 0.723. The van der Waals surface area contributed by atoms with Crippen LogP contribution < -0.4 is 4.74 Å². The van der Waals surface area contributed by atoms with Gasteiger partial charge in [-0.1, -0.05) is 0 Å². The molecule has 0 saturated carbocycles. The van der Waals surface area contributed by atoms with Crippen molar-refractivity contribution in [1.82, 2.24) is 4.98 Å². The average molecular weight is 288 g/mol. The molecule has 0 N–H and O–H groups in total. The van der Waals surface area contributed by atoms with Crippen LogP contribution in [0.3, 0.4) is 0 Å². The smallest absolute Gasteiger partial charge is 0.425 e. The summed E-state index contributed by atoms with van der Waals surface area (Å²) in [5.41, 5.74) is 0. The highest BCUT2D eigenvalue weighted by Gasteiger charge is 2.38. The zero-order valence-electron chi connectivity index (χ0n) is 7.48. The van der Waals surface area contributed by atoms with Gasteiger partial charge in [0.25, 0.3) is 5.88 Å². The Bertz CT molecular complexity index is 355. The van der Waals surface area contributed by atoms with Crippen molar-refractivity contribution in [3.05, 3.63) is 22.6 Å². The lowest BCUT2D eigenvalue weighted by atomic mass is 10.4. The first-order chi connectivity index (χ1) is 6.80. The third kappa shape index (κ3) is 3.33. The van der Waals surface area contributed by atoms with Crippen molar-refractivity contribution in [1.29, 1.82) is 0 Å². The number of rotatable bonds is 2. The van der Waals surface area contributed by atoms with E-state index in [2.05, 4.69) is 25.7 Å². The second-order valence-electron chi connectivity index (χ2n) is 2.74. The summed E-state index contributed by atoms with van der Waals surface area (Å²) >= 11 is 2.92. The Morgan fingerprint density at radius 3 is 2.53 bits per heavy atom. The lowest BCUT2D eigenvalue weighted by Gasteiger charge is -2.16. The number of aromatic nitrogens is 1. The van der Waals surface area contributed by atoms with Gasteiger partial charge in [-0.15, -0.1) is 0 Å². The Labute approximate surface area is 91.4 Å². The molecule has 0 aliphatic heterocycles. The number of ether oxygens (including phenoxy) is 1. The standard InChI is InChI=1S/C8H6BrF4NO/c1-4(8(11,12)13)15-7-6(10)2-5(9)3-14-7/h2-4H,1H3/t4-/m0/s1. The van der Waals surface area contributed by atoms with Crippen molar-refractivity contribution in [2.45, 2.75) is 19.2 Å². The van der Waals surface area contributed by atoms with Gasteiger partial charge in [-0.05, 0) is 28.9 Å². The maximum absolute atomic E-state index is 13.0. The Morgan fingerprint density at radius 1 is 1.47 bits per heavy atom. The highest BCUT2D eigenvalue weighted by atomic mass is 79.9. The summed E-state index contributed by atoms with van der Waals surface area (Å²) in [6.45, 7) is 0.781. The summed E-state index contributed by atoms with van der Waals surface area (Å²) in [6, 6.07) is 0.978. The minimum Gasteiger partial charge on any atom is -0.463 e. The molecular formula is C8H6BrF4NO. The number of hydrogen-bond acceptors (Lipinski definition) is 2. The Kier molecular flexibility index (Phi) is 3.54. The van der Waals surface area contributed by atoms with E-state index >= 15 is 0 Å². The molecule has 0 aliphatic carbocycles. The van der Waals surface area contributed by atoms with Crippen molar-refractivity contribution >= 4 is 15.9 Å². The molecule has 1 rings (SSSR count). The second kappa shape index (κ2) is 4.34. The van der Waals surface area contributed by atoms with Crippen molar-refractivity contribution in [2.75, 3.05) is 0 Å². The molecule has 0 aromatic carbocycles. The van der Waals surface area contributed by atoms with E-state index in [0.29, 0.717) is 4.47 Å². The predicted molar refractivity (Wildman–Crippen MR) is 48.0 cm³/mol. The molecule has 1 atom stereocenters. The number of alkyl halides is 3. The van der Waals surface area contributed by atoms with Crippen molar-refractivity contribution in [3.8, 4) is 5.88 Å². The van der Waals surface area contributed by atoms with E-state index in [1.54, 1.807) is 0 Å². The van der Waals surface area contributed by atoms with Gasteiger partial charge in [0.1, 0.15) is 0 Å². The van der Waals surface area contributed by atoms with Crippen LogP contribution in [-0.4, -0.2) is 17.3 Å². The summed E-state index contributed by atoms with van der Waals surface area (Å²) in [5.74, 6) is -1.61. The zero-order chi connectivity index (χ0) is 11.6. The largest absolute Gasteiger partial charge is 0.463 e. The van der Waals surface area contributed by atoms with Crippen LogP contribution in [0.4, 0.5) is 17.6 Å². The lowest BCUT2D eigenvalue weighted by Crippen LogP contribution is -2.31. The number of nitrogens with zero attached hydrogens (tertiary/aromatic N) is 1. The van der Waals surface area contributed by atoms with Gasteiger partial charge in [-0.2, -0.15) is 13.2 Å². The third-order valence-electron chi connectivity index (χ3n) is 1.52. The molecule has 0 unspecified atom stereocenters. The first-order valence-electron chi connectivity index (χ1n) is 3.85. The van der Waals surface area contributed by atoms with Gasteiger partial charge >= 0.3 is 6.18 Å². The number of hydrogen-bond donors (Lipinski definition) is 0. The van der Waals surface area contributed by atoms with Gasteiger partial charge in [-0.3, -0.25) is 0 Å². The van der Waals surface area contributed by atoms with E-state index in [1.807, 2.05) is 0 Å². The van der Waals surface area contributed by atoms with Crippen LogP contribution >= 0.6 is 15.9 Å². The predicted octanol–water partition coefficient (Wildman–Crippen LogP) is 3.31. The minimum absolute atomic E-state index is 0.326. The van der Waals surface area contributed by atoms with E-state index in [4.69, 9.17) is 0 Å². The van der Waals surface area contributed by atoms with Crippen molar-refractivity contribution in [3.63, 3.8) is 0 Å². The van der Waals surface area contributed by atoms with E-state index < -0.39 is 24.0 Å². The summed E-state index contributed by atoms with van der Waals surface area (Å²) in [7, 11) is 0. The molecule has 15 heavy (non-hydrogen) atoms. The quantitative estimate of drug-likeness (QED) is 0.779. The highest BCUT2D eigenvalue weighted by molar-refractivity contribution is 9.10. The molecule has 0 aliphatic rings. The normalized spacial score (nSPS) is 13.7. The average Bonchev–Trinajstić information content (AvgIpc) is 2.08. The topological polar surface area (TPSA) is 22.1 Å². The monoisotopic (exact) mass is 287 g/mol. The van der Waals surface area contributed by atoms with Gasteiger partial charge < -0.3 is 4.74 Å². The van der Waals surface area contributed by atoms with Gasteiger partial charge in [0.15, 0.2) is 11.9 Å². The van der Waals surface area contributed by atoms with Gasteiger partial charge in [0, 0.05) is 10.7 Å². The van der Waals surface area contributed by atoms with E-state index in [9.17, 15) is 17.6 Å². The molecule has 7 heteroatoms. The first-order valence-corrected chi connectivity index (χ1v) is 4.64. The van der Waals surface area contributed by atoms with Crippen LogP contribution in [0.15, 0.2) is 16.7 Å². The maximum atomic E-state index is 13.0. The molecule has 0 fully saturated rings. The van der Waals surface area contributed by atoms with Crippen molar-refractivity contribution < 1.29 is 22.3 Å². The van der Waals surface area contributed by atoms with Crippen LogP contribution in [0.2, 0.25) is 0 Å². The fourth-order valence-corrected chi connectivity index (χ4v) is 1.03. The van der Waals surface area contributed by atoms with E-state index in [1.165, 1.54) is 0 Å². The number of pyridine rings is 1. The summed E-state index contributed by atoms with van der Waals surface area (Å²) < 4.78 is 53.9. The molecule has 1 aromatic rings. The summed E-state index contributed by atoms with van der Waals surface area (Å²) in [5, 5.41) is 0. The molecular weight excluding hydrogens is 282 g/mol. The zero-order valence-corrected chi connectivity index (χ0v) is 9.06. The van der Waals surface area contributed by atoms with Crippen molar-refractivity contribution in [2.24, 2.45) is 0 Å². The Balaban J connectivity index is 2.82. The molecule has 0 saturated heterocycles. The van der Waals surface area contributed by atoms with E-state index in [-0.39, 0.29) is 0 Å². The first kappa shape index (κ1) is 12.2. The van der Waals surface area contributed by atoms with Gasteiger partial charge in [-0.25, -0.2) is 9.37 Å². The summed E-state index contributed by atoms with van der Waals surface area (Å²) in [6.07, 6.45) is -5.48. The fraction of sp³-hybridized carbons (Fsp3) is 0.375. The van der Waals surface area contributed by atoms with Crippen LogP contribution in [0.1, 0.15) is 6.92 Å². The van der Waals surface area contributed by atoms with Crippen LogP contribution in [-0.2, 0) is 0 Å². The van der Waals surface area contributed by atoms with Crippen LogP contribution in [0.5, 0.6) is 5.88 Å². The summed E-state index contributed by atoms with van der Waals surface area (Å²) in [4.78, 5) is 3.39. The molecule has 1 heterocycles. The highest BCUT2D eigenvalue weighted by Crippen LogP contribution is 2.26. The molecule has 1 aromatic heterocycles. The Morgan fingerprint density at radius 2 is 2.07 bits per heavy atom. The maximum Gasteiger partial charge on any atom is 0.425 e. The van der Waals surface area contributed by atoms with Gasteiger partial charge in [0.05, 0.1) is 0 Å². The molecule has 84 valence electrons. The Hall–Kier alpha value is -0.850. The lowest BCUT2D eigenvalue weighted by molar-refractivity contribution is -0.190. The van der Waals surface area contributed by atoms with Crippen LogP contribution in [0, 0.1) is 5.82 Å². The molecule has 0 spiro atoms. The van der Waals surface area contributed by atoms with Crippen LogP contribution in [0.25, 0.3) is 0 Å².